The molecule has 4 rings (SSSR count). The van der Waals surface area contributed by atoms with Crippen LogP contribution in [0.5, 0.6) is 0 Å². The first-order valence-corrected chi connectivity index (χ1v) is 11.8. The number of nitrogens with one attached hydrogen (secondary N) is 1. The maximum atomic E-state index is 10.8. The molecule has 0 heterocycles. The fourth-order valence-electron chi connectivity index (χ4n) is 3.03. The summed E-state index contributed by atoms with van der Waals surface area (Å²) in [6.07, 6.45) is 0. The van der Waals surface area contributed by atoms with Crippen molar-refractivity contribution in [2.45, 2.75) is 39.3 Å². The topological polar surface area (TPSA) is 40.9 Å². The minimum atomic E-state index is -0.619. The first-order valence-electron chi connectivity index (χ1n) is 9.76. The van der Waals surface area contributed by atoms with E-state index in [-0.39, 0.29) is 56.4 Å². The van der Waals surface area contributed by atoms with Crippen LogP contribution in [0.3, 0.4) is 0 Å². The van der Waals surface area contributed by atoms with Crippen molar-refractivity contribution in [2.75, 3.05) is 0 Å². The summed E-state index contributed by atoms with van der Waals surface area (Å²) in [5, 5.41) is 5.39. The van der Waals surface area contributed by atoms with Gasteiger partial charge in [-0.05, 0) is 22.6 Å². The van der Waals surface area contributed by atoms with E-state index in [9.17, 15) is 4.79 Å². The molecule has 0 aliphatic rings. The van der Waals surface area contributed by atoms with E-state index < -0.39 is 5.91 Å². The monoisotopic (exact) mass is 559 g/mol. The van der Waals surface area contributed by atoms with Crippen LogP contribution in [0.4, 0.5) is 0 Å². The van der Waals surface area contributed by atoms with Crippen LogP contribution in [-0.4, -0.2) is 15.4 Å². The van der Waals surface area contributed by atoms with Crippen molar-refractivity contribution in [3.05, 3.63) is 95.7 Å². The molecule has 166 valence electrons. The van der Waals surface area contributed by atoms with Gasteiger partial charge in [0.2, 0.25) is 0 Å². The van der Waals surface area contributed by atoms with E-state index in [4.69, 9.17) is 5.73 Å². The van der Waals surface area contributed by atoms with Crippen LogP contribution in [0.25, 0.3) is 27.3 Å². The first kappa shape index (κ1) is 32.9. The van der Waals surface area contributed by atoms with Crippen LogP contribution in [0.15, 0.2) is 78.9 Å². The minimum Gasteiger partial charge on any atom is -1.00 e. The van der Waals surface area contributed by atoms with E-state index in [1.807, 2.05) is 12.1 Å². The number of hydrogen-bond acceptors (Lipinski definition) is 1. The van der Waals surface area contributed by atoms with Gasteiger partial charge in [0.05, 0.1) is 5.91 Å². The summed E-state index contributed by atoms with van der Waals surface area (Å²) < 4.78 is 0. The first-order chi connectivity index (χ1) is 13.8. The SMILES string of the molecule is CC(C)(C)c1cccc(C([NH-])=O)c1.C[Si]C.[Cl-].[Cl-].[Zr+4].c1ccc2c(c1)[cH-]c1ccccc12. The van der Waals surface area contributed by atoms with Crippen molar-refractivity contribution in [1.82, 2.24) is 0 Å². The largest absolute Gasteiger partial charge is 4.00 e. The molecule has 0 aliphatic carbocycles. The molecular weight excluding hydrogens is 533 g/mol. The summed E-state index contributed by atoms with van der Waals surface area (Å²) >= 11 is 0. The Labute approximate surface area is 226 Å². The molecule has 0 bridgehead atoms. The van der Waals surface area contributed by atoms with Gasteiger partial charge in [0, 0.05) is 9.52 Å². The van der Waals surface area contributed by atoms with E-state index in [1.54, 1.807) is 12.1 Å². The number of halogens is 2. The molecule has 0 atom stereocenters. The minimum absolute atomic E-state index is 0. The third-order valence-corrected chi connectivity index (χ3v) is 4.51. The second-order valence-electron chi connectivity index (χ2n) is 7.98. The van der Waals surface area contributed by atoms with Crippen molar-refractivity contribution in [3.63, 3.8) is 0 Å². The number of fused-ring (bicyclic) bond motifs is 3. The quantitative estimate of drug-likeness (QED) is 0.258. The smallest absolute Gasteiger partial charge is 1.00 e. The van der Waals surface area contributed by atoms with E-state index in [0.29, 0.717) is 5.56 Å². The number of benzene rings is 3. The van der Waals surface area contributed by atoms with Gasteiger partial charge in [-0.2, -0.15) is 0 Å². The Bertz CT molecular complexity index is 1040. The normalized spacial score (nSPS) is 9.66. The molecule has 0 saturated heterocycles. The molecule has 0 unspecified atom stereocenters. The van der Waals surface area contributed by atoms with Crippen LogP contribution >= 0.6 is 0 Å². The Kier molecular flexibility index (Phi) is 15.9. The summed E-state index contributed by atoms with van der Waals surface area (Å²) in [5.74, 6) is -0.619. The molecule has 4 aromatic rings. The van der Waals surface area contributed by atoms with Gasteiger partial charge in [-0.1, -0.05) is 88.5 Å². The van der Waals surface area contributed by atoms with Crippen LogP contribution in [0.1, 0.15) is 36.7 Å². The maximum absolute atomic E-state index is 10.8. The fourth-order valence-corrected chi connectivity index (χ4v) is 3.03. The average Bonchev–Trinajstić information content (AvgIpc) is 3.07. The standard InChI is InChI=1S/C13H9.C11H15NO.C2H6Si.2ClH.Zr/c1-3-7-12-10(5-1)9-11-6-2-4-8-13(11)12;1-11(2,3)9-6-4-5-8(7-9)10(12)13;1-3-2;;;/h1-9H;4-7H,1-3H3,(H2,12,13);1-2H3;2*1H;/q-1;;;;;+4/p-3. The molecule has 2 radical (unpaired) electrons. The van der Waals surface area contributed by atoms with Crippen molar-refractivity contribution in [1.29, 1.82) is 0 Å². The van der Waals surface area contributed by atoms with Crippen LogP contribution in [-0.2, 0) is 31.6 Å². The van der Waals surface area contributed by atoms with Gasteiger partial charge < -0.3 is 35.3 Å². The summed E-state index contributed by atoms with van der Waals surface area (Å²) in [7, 11) is 1.08. The molecule has 2 nitrogen and oxygen atoms in total. The van der Waals surface area contributed by atoms with Gasteiger partial charge in [-0.25, -0.2) is 0 Å². The fraction of sp³-hybridized carbons (Fsp3) is 0.231. The molecule has 0 saturated carbocycles. The van der Waals surface area contributed by atoms with E-state index in [1.165, 1.54) is 21.5 Å². The van der Waals surface area contributed by atoms with Gasteiger partial charge >= 0.3 is 26.2 Å². The van der Waals surface area contributed by atoms with Gasteiger partial charge in [-0.15, -0.1) is 39.7 Å². The van der Waals surface area contributed by atoms with E-state index in [0.717, 1.165) is 15.1 Å². The Hall–Kier alpha value is -1.32. The number of rotatable bonds is 1. The third kappa shape index (κ3) is 9.27. The predicted molar refractivity (Wildman–Crippen MR) is 128 cm³/mol. The Morgan fingerprint density at radius 2 is 1.25 bits per heavy atom. The molecule has 0 aromatic heterocycles. The molecule has 6 heteroatoms. The van der Waals surface area contributed by atoms with E-state index >= 15 is 0 Å². The molecule has 1 N–H and O–H groups in total. The zero-order valence-corrected chi connectivity index (χ0v) is 24.1. The van der Waals surface area contributed by atoms with Crippen molar-refractivity contribution in [3.8, 4) is 0 Å². The summed E-state index contributed by atoms with van der Waals surface area (Å²) in [6, 6.07) is 26.5. The maximum Gasteiger partial charge on any atom is 4.00 e. The van der Waals surface area contributed by atoms with Gasteiger partial charge in [0.1, 0.15) is 0 Å². The second-order valence-corrected chi connectivity index (χ2v) is 8.98. The van der Waals surface area contributed by atoms with Crippen LogP contribution < -0.4 is 24.8 Å². The van der Waals surface area contributed by atoms with Gasteiger partial charge in [-0.3, -0.25) is 0 Å². The van der Waals surface area contributed by atoms with Gasteiger partial charge in [0.15, 0.2) is 0 Å². The van der Waals surface area contributed by atoms with Crippen LogP contribution in [0, 0.1) is 0 Å². The van der Waals surface area contributed by atoms with Crippen LogP contribution in [0.2, 0.25) is 13.1 Å². The zero-order valence-electron chi connectivity index (χ0n) is 19.2. The Morgan fingerprint density at radius 1 is 0.812 bits per heavy atom. The second kappa shape index (κ2) is 15.5. The summed E-state index contributed by atoms with van der Waals surface area (Å²) in [6.45, 7) is 10.6. The predicted octanol–water partition coefficient (Wildman–Crippen LogP) is 1.68. The molecule has 32 heavy (non-hydrogen) atoms. The van der Waals surface area contributed by atoms with E-state index in [2.05, 4.69) is 88.5 Å². The molecule has 0 fully saturated rings. The molecular formula is C26H29Cl2NOSiZr. The number of amides is 1. The zero-order chi connectivity index (χ0) is 21.4. The van der Waals surface area contributed by atoms with Crippen molar-refractivity contribution < 1.29 is 55.8 Å². The molecule has 0 aliphatic heterocycles. The summed E-state index contributed by atoms with van der Waals surface area (Å²) in [5.41, 5.74) is 8.57. The average molecular weight is 562 g/mol. The Morgan fingerprint density at radius 3 is 1.66 bits per heavy atom. The van der Waals surface area contributed by atoms with Crippen molar-refractivity contribution in [2.24, 2.45) is 0 Å². The molecule has 1 amide bonds. The number of hydrogen-bond donors (Lipinski definition) is 0. The molecule has 4 aromatic carbocycles. The van der Waals surface area contributed by atoms with Crippen molar-refractivity contribution >= 4 is 37.0 Å². The third-order valence-electron chi connectivity index (χ3n) is 4.51. The Balaban J connectivity index is 0. The number of carbonyl (C=O) groups is 1. The van der Waals surface area contributed by atoms with Gasteiger partial charge in [0.25, 0.3) is 0 Å². The summed E-state index contributed by atoms with van der Waals surface area (Å²) in [4.78, 5) is 10.8. The number of carbonyl (C=O) groups excluding carboxylic acids is 1. The molecule has 0 spiro atoms.